The number of phenolic OH excluding ortho intramolecular Hbond substituents is 1. The average molecular weight is 329 g/mol. The molecule has 0 unspecified atom stereocenters. The molecule has 0 radical (unpaired) electrons. The van der Waals surface area contributed by atoms with Crippen molar-refractivity contribution in [2.75, 3.05) is 12.1 Å². The molecule has 1 atom stereocenters. The molecular weight excluding hydrogens is 314 g/mol. The van der Waals surface area contributed by atoms with Gasteiger partial charge < -0.3 is 24.6 Å². The summed E-state index contributed by atoms with van der Waals surface area (Å²) in [5.74, 6) is -0.0860. The lowest BCUT2D eigenvalue weighted by Gasteiger charge is -2.14. The Bertz CT molecular complexity index is 788. The third-order valence-electron chi connectivity index (χ3n) is 3.38. The van der Waals surface area contributed by atoms with Crippen LogP contribution in [0.1, 0.15) is 17.3 Å². The van der Waals surface area contributed by atoms with Gasteiger partial charge >= 0.3 is 5.97 Å². The van der Waals surface area contributed by atoms with Crippen LogP contribution < -0.4 is 14.8 Å². The van der Waals surface area contributed by atoms with Gasteiger partial charge in [-0.15, -0.1) is 0 Å². The first-order valence-corrected chi connectivity index (χ1v) is 7.23. The Morgan fingerprint density at radius 1 is 1.17 bits per heavy atom. The van der Waals surface area contributed by atoms with Crippen LogP contribution in [0.25, 0.3) is 0 Å². The normalized spacial score (nSPS) is 13.2. The Morgan fingerprint density at radius 3 is 2.75 bits per heavy atom. The fraction of sp³-hybridized carbons (Fsp3) is 0.176. The molecule has 0 spiro atoms. The van der Waals surface area contributed by atoms with E-state index in [1.165, 1.54) is 31.2 Å². The van der Waals surface area contributed by atoms with Crippen LogP contribution in [0.5, 0.6) is 17.2 Å². The second-order valence-corrected chi connectivity index (χ2v) is 5.16. The Kier molecular flexibility index (Phi) is 4.24. The van der Waals surface area contributed by atoms with Gasteiger partial charge in [-0.05, 0) is 37.3 Å². The largest absolute Gasteiger partial charge is 0.508 e. The molecule has 0 saturated heterocycles. The highest BCUT2D eigenvalue weighted by Gasteiger charge is 2.20. The van der Waals surface area contributed by atoms with Crippen molar-refractivity contribution in [3.05, 3.63) is 48.0 Å². The zero-order valence-electron chi connectivity index (χ0n) is 12.8. The highest BCUT2D eigenvalue weighted by molar-refractivity contribution is 5.97. The summed E-state index contributed by atoms with van der Waals surface area (Å²) < 4.78 is 15.5. The first kappa shape index (κ1) is 15.7. The molecule has 0 saturated carbocycles. The zero-order chi connectivity index (χ0) is 17.1. The Morgan fingerprint density at radius 2 is 1.96 bits per heavy atom. The first-order valence-electron chi connectivity index (χ1n) is 7.23. The smallest absolute Gasteiger partial charge is 0.339 e. The molecule has 1 aliphatic heterocycles. The highest BCUT2D eigenvalue weighted by Crippen LogP contribution is 2.34. The Labute approximate surface area is 137 Å². The van der Waals surface area contributed by atoms with Crippen LogP contribution in [0.2, 0.25) is 0 Å². The molecule has 2 aromatic rings. The second-order valence-electron chi connectivity index (χ2n) is 5.16. The van der Waals surface area contributed by atoms with Gasteiger partial charge in [-0.25, -0.2) is 4.79 Å². The molecule has 0 aromatic heterocycles. The van der Waals surface area contributed by atoms with Crippen molar-refractivity contribution in [1.29, 1.82) is 0 Å². The SMILES string of the molecule is C[C@H](OC(=O)c1cccc(O)c1)C(=O)Nc1ccc2c(c1)OCO2. The Balaban J connectivity index is 1.61. The molecular formula is C17H15NO6. The molecule has 3 rings (SSSR count). The van der Waals surface area contributed by atoms with Crippen LogP contribution in [0.15, 0.2) is 42.5 Å². The van der Waals surface area contributed by atoms with E-state index in [1.807, 2.05) is 0 Å². The minimum atomic E-state index is -1.01. The molecule has 7 nitrogen and oxygen atoms in total. The van der Waals surface area contributed by atoms with Crippen molar-refractivity contribution in [3.63, 3.8) is 0 Å². The van der Waals surface area contributed by atoms with Crippen molar-refractivity contribution in [1.82, 2.24) is 0 Å². The monoisotopic (exact) mass is 329 g/mol. The maximum absolute atomic E-state index is 12.1. The Hall–Kier alpha value is -3.22. The third kappa shape index (κ3) is 3.40. The first-order chi connectivity index (χ1) is 11.5. The fourth-order valence-corrected chi connectivity index (χ4v) is 2.13. The lowest BCUT2D eigenvalue weighted by Crippen LogP contribution is -2.29. The number of aromatic hydroxyl groups is 1. The number of anilines is 1. The number of amides is 1. The van der Waals surface area contributed by atoms with Crippen LogP contribution in [-0.4, -0.2) is 29.9 Å². The molecule has 7 heteroatoms. The predicted octanol–water partition coefficient (Wildman–Crippen LogP) is 2.30. The van der Waals surface area contributed by atoms with E-state index in [0.717, 1.165) is 0 Å². The van der Waals surface area contributed by atoms with E-state index in [0.29, 0.717) is 17.2 Å². The lowest BCUT2D eigenvalue weighted by molar-refractivity contribution is -0.123. The van der Waals surface area contributed by atoms with Crippen molar-refractivity contribution in [2.45, 2.75) is 13.0 Å². The third-order valence-corrected chi connectivity index (χ3v) is 3.38. The maximum atomic E-state index is 12.1. The molecule has 2 aromatic carbocycles. The molecule has 0 fully saturated rings. The van der Waals surface area contributed by atoms with Crippen LogP contribution >= 0.6 is 0 Å². The number of rotatable bonds is 4. The number of hydrogen-bond acceptors (Lipinski definition) is 6. The van der Waals surface area contributed by atoms with E-state index >= 15 is 0 Å². The number of nitrogens with one attached hydrogen (secondary N) is 1. The molecule has 1 amide bonds. The number of hydrogen-bond donors (Lipinski definition) is 2. The van der Waals surface area contributed by atoms with Gasteiger partial charge in [0.05, 0.1) is 5.56 Å². The summed E-state index contributed by atoms with van der Waals surface area (Å²) in [4.78, 5) is 24.1. The van der Waals surface area contributed by atoms with Gasteiger partial charge in [0.25, 0.3) is 5.91 Å². The van der Waals surface area contributed by atoms with Gasteiger partial charge in [0.15, 0.2) is 17.6 Å². The number of fused-ring (bicyclic) bond motifs is 1. The summed E-state index contributed by atoms with van der Waals surface area (Å²) >= 11 is 0. The van der Waals surface area contributed by atoms with Gasteiger partial charge in [-0.2, -0.15) is 0 Å². The topological polar surface area (TPSA) is 94.1 Å². The van der Waals surface area contributed by atoms with Gasteiger partial charge in [0.2, 0.25) is 6.79 Å². The predicted molar refractivity (Wildman–Crippen MR) is 84.2 cm³/mol. The number of phenols is 1. The summed E-state index contributed by atoms with van der Waals surface area (Å²) in [6.45, 7) is 1.60. The number of esters is 1. The number of carbonyl (C=O) groups is 2. The van der Waals surface area contributed by atoms with E-state index in [2.05, 4.69) is 5.32 Å². The minimum absolute atomic E-state index is 0.0538. The van der Waals surface area contributed by atoms with Gasteiger partial charge in [0, 0.05) is 11.8 Å². The number of carbonyl (C=O) groups excluding carboxylic acids is 2. The van der Waals surface area contributed by atoms with E-state index in [1.54, 1.807) is 18.2 Å². The lowest BCUT2D eigenvalue weighted by atomic mass is 10.2. The molecule has 1 heterocycles. The molecule has 0 bridgehead atoms. The molecule has 0 aliphatic carbocycles. The summed E-state index contributed by atoms with van der Waals surface area (Å²) in [6.07, 6.45) is -1.01. The van der Waals surface area contributed by atoms with Gasteiger partial charge in [0.1, 0.15) is 5.75 Å². The molecule has 1 aliphatic rings. The van der Waals surface area contributed by atoms with E-state index in [9.17, 15) is 14.7 Å². The minimum Gasteiger partial charge on any atom is -0.508 e. The molecule has 24 heavy (non-hydrogen) atoms. The average Bonchev–Trinajstić information content (AvgIpc) is 3.02. The maximum Gasteiger partial charge on any atom is 0.339 e. The van der Waals surface area contributed by atoms with Gasteiger partial charge in [-0.3, -0.25) is 4.79 Å². The summed E-state index contributed by atoms with van der Waals surface area (Å²) in [5, 5.41) is 12.0. The molecule has 2 N–H and O–H groups in total. The standard InChI is InChI=1S/C17H15NO6/c1-10(24-17(21)11-3-2-4-13(19)7-11)16(20)18-12-5-6-14-15(8-12)23-9-22-14/h2-8,10,19H,9H2,1H3,(H,18,20)/t10-/m0/s1. The van der Waals surface area contributed by atoms with E-state index in [4.69, 9.17) is 14.2 Å². The zero-order valence-corrected chi connectivity index (χ0v) is 12.8. The van der Waals surface area contributed by atoms with Crippen LogP contribution in [0.4, 0.5) is 5.69 Å². The van der Waals surface area contributed by atoms with Crippen molar-refractivity contribution >= 4 is 17.6 Å². The summed E-state index contributed by atoms with van der Waals surface area (Å²) in [6, 6.07) is 10.7. The summed E-state index contributed by atoms with van der Waals surface area (Å²) in [7, 11) is 0. The van der Waals surface area contributed by atoms with Crippen molar-refractivity contribution < 1.29 is 28.9 Å². The molecule has 124 valence electrons. The van der Waals surface area contributed by atoms with Crippen molar-refractivity contribution in [2.24, 2.45) is 0 Å². The van der Waals surface area contributed by atoms with Crippen LogP contribution in [-0.2, 0) is 9.53 Å². The quantitative estimate of drug-likeness (QED) is 0.836. The fourth-order valence-electron chi connectivity index (χ4n) is 2.13. The van der Waals surface area contributed by atoms with Gasteiger partial charge in [-0.1, -0.05) is 6.07 Å². The van der Waals surface area contributed by atoms with Crippen LogP contribution in [0.3, 0.4) is 0 Å². The van der Waals surface area contributed by atoms with E-state index < -0.39 is 18.0 Å². The summed E-state index contributed by atoms with van der Waals surface area (Å²) in [5.41, 5.74) is 0.669. The van der Waals surface area contributed by atoms with Crippen molar-refractivity contribution in [3.8, 4) is 17.2 Å². The van der Waals surface area contributed by atoms with Crippen LogP contribution in [0, 0.1) is 0 Å². The number of ether oxygens (including phenoxy) is 3. The van der Waals surface area contributed by atoms with E-state index in [-0.39, 0.29) is 18.1 Å². The highest BCUT2D eigenvalue weighted by atomic mass is 16.7. The number of benzene rings is 2. The second kappa shape index (κ2) is 6.49.